The first-order valence-electron chi connectivity index (χ1n) is 15.1. The Morgan fingerprint density at radius 2 is 1.74 bits per heavy atom. The Hall–Kier alpha value is -4.14. The van der Waals surface area contributed by atoms with E-state index in [4.69, 9.17) is 28.4 Å². The van der Waals surface area contributed by atoms with E-state index in [1.807, 2.05) is 6.92 Å². The van der Waals surface area contributed by atoms with Crippen molar-refractivity contribution in [2.75, 3.05) is 60.3 Å². The predicted octanol–water partition coefficient (Wildman–Crippen LogP) is 3.21. The molecule has 0 N–H and O–H groups in total. The van der Waals surface area contributed by atoms with E-state index in [0.717, 1.165) is 0 Å². The number of nitrogens with zero attached hydrogens (tertiary/aromatic N) is 3. The van der Waals surface area contributed by atoms with Gasteiger partial charge in [0.2, 0.25) is 0 Å². The molecule has 1 amide bonds. The molecule has 3 aromatic rings. The normalized spacial score (nSPS) is 16.3. The molecule has 2 aliphatic rings. The molecule has 0 spiro atoms. The number of rotatable bonds is 11. The summed E-state index contributed by atoms with van der Waals surface area (Å²) in [5.41, 5.74) is 1.62. The number of thiazole rings is 1. The summed E-state index contributed by atoms with van der Waals surface area (Å²) in [6, 6.07) is 7.85. The number of allylic oxidation sites excluding steroid dienone is 1. The predicted molar refractivity (Wildman–Crippen MR) is 178 cm³/mol. The van der Waals surface area contributed by atoms with Crippen LogP contribution in [0, 0.1) is 0 Å². The van der Waals surface area contributed by atoms with Gasteiger partial charge in [-0.15, -0.1) is 0 Å². The van der Waals surface area contributed by atoms with Gasteiger partial charge < -0.3 is 33.3 Å². The maximum atomic E-state index is 14.2. The van der Waals surface area contributed by atoms with Gasteiger partial charge >= 0.3 is 5.97 Å². The summed E-state index contributed by atoms with van der Waals surface area (Å²) in [5, 5.41) is 0. The van der Waals surface area contributed by atoms with Crippen LogP contribution >= 0.6 is 27.3 Å². The number of amides is 1. The summed E-state index contributed by atoms with van der Waals surface area (Å²) in [6.07, 6.45) is 1.73. The second-order valence-corrected chi connectivity index (χ2v) is 12.3. The standard InChI is InChI=1S/C33H36BrN3O9S/c1-6-44-26-16-21(22(34)17-25(26)42-5)30-29(32(40)45-7-2)19(3)35-33-37(30)31(39)27(47-33)15-20-8-9-23(24(14-20)41-4)46-18-28(38)36-10-12-43-13-11-36/h8-9,14-17,30H,6-7,10-13,18H2,1-5H3/b27-15+/t30-/m1/s1. The quantitative estimate of drug-likeness (QED) is 0.274. The fraction of sp³-hybridized carbons (Fsp3) is 0.394. The van der Waals surface area contributed by atoms with Gasteiger partial charge in [-0.2, -0.15) is 0 Å². The molecule has 1 fully saturated rings. The monoisotopic (exact) mass is 729 g/mol. The van der Waals surface area contributed by atoms with Crippen molar-refractivity contribution < 1.29 is 38.0 Å². The number of aromatic nitrogens is 1. The van der Waals surface area contributed by atoms with Crippen LogP contribution in [0.2, 0.25) is 0 Å². The Labute approximate surface area is 283 Å². The molecule has 0 radical (unpaired) electrons. The van der Waals surface area contributed by atoms with Crippen LogP contribution in [0.5, 0.6) is 23.0 Å². The third kappa shape index (κ3) is 7.24. The van der Waals surface area contributed by atoms with Crippen LogP contribution in [0.1, 0.15) is 37.9 Å². The zero-order valence-electron chi connectivity index (χ0n) is 26.8. The van der Waals surface area contributed by atoms with Gasteiger partial charge in [0, 0.05) is 17.6 Å². The lowest BCUT2D eigenvalue weighted by Crippen LogP contribution is -2.43. The maximum Gasteiger partial charge on any atom is 0.338 e. The first-order chi connectivity index (χ1) is 22.7. The van der Waals surface area contributed by atoms with Crippen molar-refractivity contribution in [3.05, 3.63) is 76.9 Å². The minimum absolute atomic E-state index is 0.135. The molecule has 47 heavy (non-hydrogen) atoms. The van der Waals surface area contributed by atoms with Crippen molar-refractivity contribution in [3.63, 3.8) is 0 Å². The van der Waals surface area contributed by atoms with Gasteiger partial charge in [-0.05, 0) is 62.2 Å². The molecule has 0 unspecified atom stereocenters. The third-order valence-electron chi connectivity index (χ3n) is 7.59. The number of methoxy groups -OCH3 is 2. The molecule has 0 aliphatic carbocycles. The van der Waals surface area contributed by atoms with Crippen LogP contribution in [0.4, 0.5) is 0 Å². The van der Waals surface area contributed by atoms with Crippen LogP contribution in [0.3, 0.4) is 0 Å². The molecule has 2 aromatic carbocycles. The van der Waals surface area contributed by atoms with Gasteiger partial charge in [-0.3, -0.25) is 14.2 Å². The first-order valence-corrected chi connectivity index (χ1v) is 16.7. The van der Waals surface area contributed by atoms with E-state index in [2.05, 4.69) is 20.9 Å². The van der Waals surface area contributed by atoms with Crippen molar-refractivity contribution in [3.8, 4) is 23.0 Å². The lowest BCUT2D eigenvalue weighted by Gasteiger charge is -2.26. The van der Waals surface area contributed by atoms with Gasteiger partial charge in [0.1, 0.15) is 0 Å². The molecular formula is C33H36BrN3O9S. The van der Waals surface area contributed by atoms with E-state index in [0.29, 0.717) is 86.5 Å². The minimum atomic E-state index is -0.860. The van der Waals surface area contributed by atoms with Crippen LogP contribution in [-0.4, -0.2) is 81.7 Å². The van der Waals surface area contributed by atoms with Crippen LogP contribution < -0.4 is 33.8 Å². The molecule has 1 atom stereocenters. The maximum absolute atomic E-state index is 14.2. The number of carbonyl (C=O) groups is 2. The van der Waals surface area contributed by atoms with Crippen LogP contribution in [-0.2, 0) is 19.1 Å². The first kappa shape index (κ1) is 34.2. The van der Waals surface area contributed by atoms with Gasteiger partial charge in [-0.25, -0.2) is 9.79 Å². The molecular weight excluding hydrogens is 694 g/mol. The third-order valence-corrected chi connectivity index (χ3v) is 9.26. The van der Waals surface area contributed by atoms with E-state index in [-0.39, 0.29) is 30.3 Å². The zero-order chi connectivity index (χ0) is 33.7. The zero-order valence-corrected chi connectivity index (χ0v) is 29.2. The summed E-state index contributed by atoms with van der Waals surface area (Å²) >= 11 is 4.83. The van der Waals surface area contributed by atoms with E-state index in [1.54, 1.807) is 62.3 Å². The van der Waals surface area contributed by atoms with Crippen molar-refractivity contribution in [2.24, 2.45) is 4.99 Å². The molecule has 12 nitrogen and oxygen atoms in total. The van der Waals surface area contributed by atoms with E-state index in [1.165, 1.54) is 23.0 Å². The van der Waals surface area contributed by atoms with Gasteiger partial charge in [0.15, 0.2) is 34.4 Å². The molecule has 1 saturated heterocycles. The van der Waals surface area contributed by atoms with Crippen LogP contribution in [0.25, 0.3) is 6.08 Å². The van der Waals surface area contributed by atoms with Crippen molar-refractivity contribution in [1.29, 1.82) is 0 Å². The highest BCUT2D eigenvalue weighted by Crippen LogP contribution is 2.41. The molecule has 3 heterocycles. The SMILES string of the molecule is CCOC(=O)C1=C(C)N=c2s/c(=C/c3ccc(OCC(=O)N4CCOCC4)c(OC)c3)c(=O)n2[C@@H]1c1cc(OCC)c(OC)cc1Br. The topological polar surface area (TPSA) is 127 Å². The van der Waals surface area contributed by atoms with E-state index < -0.39 is 12.0 Å². The Bertz CT molecular complexity index is 1880. The number of morpholine rings is 1. The largest absolute Gasteiger partial charge is 0.493 e. The number of hydrogen-bond donors (Lipinski definition) is 0. The number of carbonyl (C=O) groups excluding carboxylic acids is 2. The minimum Gasteiger partial charge on any atom is -0.493 e. The number of esters is 1. The molecule has 250 valence electrons. The number of benzene rings is 2. The lowest BCUT2D eigenvalue weighted by atomic mass is 9.95. The van der Waals surface area contributed by atoms with Gasteiger partial charge in [0.05, 0.1) is 62.5 Å². The summed E-state index contributed by atoms with van der Waals surface area (Å²) < 4.78 is 35.9. The Kier molecular flexibility index (Phi) is 11.0. The van der Waals surface area contributed by atoms with Crippen LogP contribution in [0.15, 0.2) is 55.9 Å². The Balaban J connectivity index is 1.55. The Morgan fingerprint density at radius 1 is 1.02 bits per heavy atom. The molecule has 14 heteroatoms. The number of halogens is 1. The second-order valence-electron chi connectivity index (χ2n) is 10.5. The number of ether oxygens (including phenoxy) is 6. The lowest BCUT2D eigenvalue weighted by molar-refractivity contribution is -0.139. The Morgan fingerprint density at radius 3 is 2.43 bits per heavy atom. The molecule has 5 rings (SSSR count). The van der Waals surface area contributed by atoms with E-state index in [9.17, 15) is 14.4 Å². The highest BCUT2D eigenvalue weighted by atomic mass is 79.9. The smallest absolute Gasteiger partial charge is 0.338 e. The van der Waals surface area contributed by atoms with E-state index >= 15 is 0 Å². The van der Waals surface area contributed by atoms with Crippen molar-refractivity contribution >= 4 is 45.2 Å². The number of fused-ring (bicyclic) bond motifs is 1. The fourth-order valence-electron chi connectivity index (χ4n) is 5.36. The average molecular weight is 731 g/mol. The van der Waals surface area contributed by atoms with Crippen molar-refractivity contribution in [1.82, 2.24) is 9.47 Å². The fourth-order valence-corrected chi connectivity index (χ4v) is 6.95. The molecule has 0 saturated carbocycles. The summed E-state index contributed by atoms with van der Waals surface area (Å²) in [7, 11) is 3.05. The molecule has 2 aliphatic heterocycles. The van der Waals surface area contributed by atoms with Gasteiger partial charge in [-0.1, -0.05) is 33.3 Å². The van der Waals surface area contributed by atoms with Crippen molar-refractivity contribution in [2.45, 2.75) is 26.8 Å². The summed E-state index contributed by atoms with van der Waals surface area (Å²) in [5.74, 6) is 1.07. The second kappa shape index (κ2) is 15.2. The summed E-state index contributed by atoms with van der Waals surface area (Å²) in [4.78, 5) is 46.9. The molecule has 0 bridgehead atoms. The average Bonchev–Trinajstić information content (AvgIpc) is 3.37. The number of hydrogen-bond acceptors (Lipinski definition) is 11. The molecule has 1 aromatic heterocycles. The summed E-state index contributed by atoms with van der Waals surface area (Å²) in [6.45, 7) is 7.78. The highest BCUT2D eigenvalue weighted by Gasteiger charge is 2.35. The highest BCUT2D eigenvalue weighted by molar-refractivity contribution is 9.10. The van der Waals surface area contributed by atoms with Gasteiger partial charge in [0.25, 0.3) is 11.5 Å².